The van der Waals surface area contributed by atoms with Gasteiger partial charge in [0.1, 0.15) is 0 Å². The second-order valence-electron chi connectivity index (χ2n) is 14.3. The first-order valence-electron chi connectivity index (χ1n) is 18.8. The molecule has 4 heterocycles. The zero-order chi connectivity index (χ0) is 36.7. The summed E-state index contributed by atoms with van der Waals surface area (Å²) in [5.41, 5.74) is 9.21. The topological polar surface area (TPSA) is 61.4 Å². The SMILES string of the molecule is c1ccc(-c2ccc(-c3nc(-c4ccccc4)nc(-n4c5cccc6c7ccccc7c7cccc8c7c7c(c65)c4ccc7n8-c4ccccc4)n3)cn2)cc1. The van der Waals surface area contributed by atoms with E-state index in [0.29, 0.717) is 17.6 Å². The lowest BCUT2D eigenvalue weighted by Crippen LogP contribution is -2.06. The van der Waals surface area contributed by atoms with Crippen LogP contribution in [0.5, 0.6) is 0 Å². The molecule has 6 nitrogen and oxygen atoms in total. The first kappa shape index (κ1) is 30.7. The Morgan fingerprint density at radius 2 is 0.821 bits per heavy atom. The van der Waals surface area contributed by atoms with E-state index < -0.39 is 0 Å². The van der Waals surface area contributed by atoms with E-state index in [-0.39, 0.29) is 0 Å². The Morgan fingerprint density at radius 1 is 0.321 bits per heavy atom. The zero-order valence-electron chi connectivity index (χ0n) is 30.0. The van der Waals surface area contributed by atoms with Gasteiger partial charge in [-0.3, -0.25) is 9.55 Å². The highest BCUT2D eigenvalue weighted by atomic mass is 15.2. The van der Waals surface area contributed by atoms with Crippen molar-refractivity contribution in [3.05, 3.63) is 182 Å². The molecule has 0 unspecified atom stereocenters. The van der Waals surface area contributed by atoms with Crippen molar-refractivity contribution < 1.29 is 0 Å². The molecule has 0 aliphatic rings. The standard InChI is InChI=1S/C50H30N6/c1-4-14-31(15-5-1)39-27-26-33(30-51-39)49-52-48(32-16-6-2-7-17-32)53-50(54-49)56-41-25-13-23-38-36-21-11-10-20-35(36)37-22-12-24-40-44(37)46-42(28-29-43(56)47(46)45(38)41)55(40)34-18-8-3-9-19-34/h1-30H. The Kier molecular flexibility index (Phi) is 6.53. The highest BCUT2D eigenvalue weighted by Gasteiger charge is 2.25. The summed E-state index contributed by atoms with van der Waals surface area (Å²) >= 11 is 0. The molecule has 0 aliphatic heterocycles. The Bertz CT molecular complexity index is 3440. The zero-order valence-corrected chi connectivity index (χ0v) is 30.0. The molecule has 0 atom stereocenters. The van der Waals surface area contributed by atoms with E-state index in [1.807, 2.05) is 60.8 Å². The van der Waals surface area contributed by atoms with Crippen molar-refractivity contribution >= 4 is 65.2 Å². The molecule has 0 saturated heterocycles. The number of pyridine rings is 1. The summed E-state index contributed by atoms with van der Waals surface area (Å²) in [7, 11) is 0. The van der Waals surface area contributed by atoms with Crippen molar-refractivity contribution in [1.29, 1.82) is 0 Å². The van der Waals surface area contributed by atoms with Crippen LogP contribution in [0.1, 0.15) is 0 Å². The van der Waals surface area contributed by atoms with Crippen LogP contribution in [0.15, 0.2) is 182 Å². The van der Waals surface area contributed by atoms with Gasteiger partial charge in [0.15, 0.2) is 11.6 Å². The molecule has 6 heteroatoms. The van der Waals surface area contributed by atoms with Crippen molar-refractivity contribution in [2.45, 2.75) is 0 Å². The summed E-state index contributed by atoms with van der Waals surface area (Å²) in [4.78, 5) is 20.5. The van der Waals surface area contributed by atoms with Crippen molar-refractivity contribution in [2.24, 2.45) is 0 Å². The van der Waals surface area contributed by atoms with Crippen molar-refractivity contribution in [2.75, 3.05) is 0 Å². The average Bonchev–Trinajstić information content (AvgIpc) is 3.80. The fourth-order valence-corrected chi connectivity index (χ4v) is 8.79. The van der Waals surface area contributed by atoms with Crippen LogP contribution < -0.4 is 0 Å². The number of para-hydroxylation sites is 1. The smallest absolute Gasteiger partial charge is 0.238 e. The lowest BCUT2D eigenvalue weighted by Gasteiger charge is -2.11. The summed E-state index contributed by atoms with van der Waals surface area (Å²) < 4.78 is 4.65. The number of rotatable bonds is 5. The maximum absolute atomic E-state index is 5.28. The van der Waals surface area contributed by atoms with Crippen molar-refractivity contribution in [3.8, 4) is 45.7 Å². The molecule has 0 N–H and O–H groups in total. The maximum Gasteiger partial charge on any atom is 0.238 e. The molecule has 0 fully saturated rings. The minimum Gasteiger partial charge on any atom is -0.309 e. The summed E-state index contributed by atoms with van der Waals surface area (Å²) in [5.74, 6) is 1.71. The summed E-state index contributed by atoms with van der Waals surface area (Å²) in [5, 5.41) is 9.65. The van der Waals surface area contributed by atoms with Crippen LogP contribution in [-0.2, 0) is 0 Å². The van der Waals surface area contributed by atoms with Crippen LogP contribution in [0, 0.1) is 0 Å². The van der Waals surface area contributed by atoms with E-state index in [2.05, 4.69) is 130 Å². The molecule has 260 valence electrons. The van der Waals surface area contributed by atoms with E-state index in [1.165, 1.54) is 48.6 Å². The quantitative estimate of drug-likeness (QED) is 0.178. The molecule has 0 saturated carbocycles. The van der Waals surface area contributed by atoms with E-state index >= 15 is 0 Å². The number of fused-ring (bicyclic) bond motifs is 3. The molecule has 4 aromatic heterocycles. The predicted molar refractivity (Wildman–Crippen MR) is 229 cm³/mol. The third-order valence-corrected chi connectivity index (χ3v) is 11.2. The van der Waals surface area contributed by atoms with Gasteiger partial charge in [-0.25, -0.2) is 4.98 Å². The number of benzene rings is 7. The molecule has 12 rings (SSSR count). The van der Waals surface area contributed by atoms with Gasteiger partial charge in [0.05, 0.1) is 27.8 Å². The Hall–Kier alpha value is -7.70. The Balaban J connectivity index is 1.22. The molecular formula is C50H30N6. The molecule has 0 bridgehead atoms. The van der Waals surface area contributed by atoms with Gasteiger partial charge in [-0.2, -0.15) is 9.97 Å². The monoisotopic (exact) mass is 714 g/mol. The number of hydrogen-bond donors (Lipinski definition) is 0. The van der Waals surface area contributed by atoms with Crippen molar-refractivity contribution in [1.82, 2.24) is 29.1 Å². The van der Waals surface area contributed by atoms with Gasteiger partial charge in [0, 0.05) is 50.1 Å². The first-order valence-corrected chi connectivity index (χ1v) is 18.8. The van der Waals surface area contributed by atoms with Gasteiger partial charge in [0.2, 0.25) is 5.95 Å². The van der Waals surface area contributed by atoms with Crippen LogP contribution in [0.2, 0.25) is 0 Å². The van der Waals surface area contributed by atoms with Gasteiger partial charge in [-0.15, -0.1) is 0 Å². The molecule has 8 aromatic carbocycles. The fourth-order valence-electron chi connectivity index (χ4n) is 8.79. The van der Waals surface area contributed by atoms with Crippen molar-refractivity contribution in [3.63, 3.8) is 0 Å². The third-order valence-electron chi connectivity index (χ3n) is 11.2. The van der Waals surface area contributed by atoms with E-state index in [1.54, 1.807) is 0 Å². The molecule has 0 spiro atoms. The average molecular weight is 715 g/mol. The largest absolute Gasteiger partial charge is 0.309 e. The lowest BCUT2D eigenvalue weighted by molar-refractivity contribution is 0.953. The molecule has 56 heavy (non-hydrogen) atoms. The molecular weight excluding hydrogens is 685 g/mol. The first-order chi connectivity index (χ1) is 27.8. The van der Waals surface area contributed by atoms with Gasteiger partial charge in [-0.05, 0) is 70.1 Å². The van der Waals surface area contributed by atoms with Crippen LogP contribution in [0.25, 0.3) is 111 Å². The summed E-state index contributed by atoms with van der Waals surface area (Å²) in [6.07, 6.45) is 1.86. The molecule has 0 aliphatic carbocycles. The Morgan fingerprint density at radius 3 is 1.43 bits per heavy atom. The maximum atomic E-state index is 5.28. The number of aromatic nitrogens is 6. The van der Waals surface area contributed by atoms with Gasteiger partial charge in [-0.1, -0.05) is 127 Å². The molecule has 0 radical (unpaired) electrons. The highest BCUT2D eigenvalue weighted by Crippen LogP contribution is 2.47. The second-order valence-corrected chi connectivity index (χ2v) is 14.3. The fraction of sp³-hybridized carbons (Fsp3) is 0. The van der Waals surface area contributed by atoms with Crippen LogP contribution >= 0.6 is 0 Å². The van der Waals surface area contributed by atoms with E-state index in [9.17, 15) is 0 Å². The Labute approximate surface area is 321 Å². The van der Waals surface area contributed by atoms with E-state index in [4.69, 9.17) is 19.9 Å². The third kappa shape index (κ3) is 4.44. The van der Waals surface area contributed by atoms with Crippen LogP contribution in [0.3, 0.4) is 0 Å². The van der Waals surface area contributed by atoms with Gasteiger partial charge in [0.25, 0.3) is 0 Å². The minimum absolute atomic E-state index is 0.553. The normalized spacial score (nSPS) is 11.9. The predicted octanol–water partition coefficient (Wildman–Crippen LogP) is 12.2. The molecule has 12 aromatic rings. The summed E-state index contributed by atoms with van der Waals surface area (Å²) in [6, 6.07) is 61.8. The highest BCUT2D eigenvalue weighted by molar-refractivity contribution is 6.39. The van der Waals surface area contributed by atoms with E-state index in [0.717, 1.165) is 44.6 Å². The minimum atomic E-state index is 0.553. The lowest BCUT2D eigenvalue weighted by atomic mass is 9.95. The van der Waals surface area contributed by atoms with Crippen LogP contribution in [0.4, 0.5) is 0 Å². The van der Waals surface area contributed by atoms with Gasteiger partial charge >= 0.3 is 0 Å². The number of hydrogen-bond acceptors (Lipinski definition) is 4. The second kappa shape index (κ2) is 11.9. The number of nitrogens with zero attached hydrogens (tertiary/aromatic N) is 6. The van der Waals surface area contributed by atoms with Gasteiger partial charge < -0.3 is 4.57 Å². The molecule has 0 amide bonds. The summed E-state index contributed by atoms with van der Waals surface area (Å²) in [6.45, 7) is 0. The van der Waals surface area contributed by atoms with Crippen LogP contribution in [-0.4, -0.2) is 29.1 Å².